The molecule has 0 fully saturated rings. The van der Waals surface area contributed by atoms with Crippen LogP contribution in [0.1, 0.15) is 35.6 Å². The number of Topliss-reactive ketones (excluding diaryl/α,β-unsaturated/α-hetero) is 1. The Morgan fingerprint density at radius 2 is 2.00 bits per heavy atom. The fraction of sp³-hybridized carbons (Fsp3) is 0.615. The van der Waals surface area contributed by atoms with E-state index in [0.29, 0.717) is 12.1 Å². The third-order valence-electron chi connectivity index (χ3n) is 3.21. The van der Waals surface area contributed by atoms with Crippen LogP contribution in [0.4, 0.5) is 0 Å². The van der Waals surface area contributed by atoms with E-state index in [0.717, 1.165) is 11.4 Å². The van der Waals surface area contributed by atoms with E-state index in [-0.39, 0.29) is 11.0 Å². The highest BCUT2D eigenvalue weighted by Crippen LogP contribution is 2.19. The Morgan fingerprint density at radius 1 is 1.44 bits per heavy atom. The molecule has 0 aromatic carbocycles. The maximum absolute atomic E-state index is 11.9. The van der Waals surface area contributed by atoms with Crippen molar-refractivity contribution >= 4 is 28.2 Å². The molecule has 1 aromatic rings. The van der Waals surface area contributed by atoms with Crippen LogP contribution >= 0.6 is 11.6 Å². The van der Waals surface area contributed by atoms with Crippen LogP contribution in [0.5, 0.6) is 0 Å². The highest BCUT2D eigenvalue weighted by atomic mass is 35.5. The molecule has 0 aliphatic rings. The lowest BCUT2D eigenvalue weighted by atomic mass is 10.1. The number of carbonyl (C=O) groups is 1. The predicted octanol–water partition coefficient (Wildman–Crippen LogP) is 2.68. The number of nitrogens with zero attached hydrogens (tertiary/aromatic N) is 1. The molecule has 0 bridgehead atoms. The Hall–Kier alpha value is -0.610. The molecule has 3 unspecified atom stereocenters. The minimum absolute atomic E-state index is 0.0544. The van der Waals surface area contributed by atoms with Gasteiger partial charge in [-0.05, 0) is 33.8 Å². The molecular weight excluding hydrogens is 270 g/mol. The quantitative estimate of drug-likeness (QED) is 0.617. The molecule has 1 rings (SSSR count). The average Bonchev–Trinajstić information content (AvgIpc) is 2.55. The number of aromatic nitrogens is 1. The second-order valence-electron chi connectivity index (χ2n) is 4.68. The Bertz CT molecular complexity index is 480. The summed E-state index contributed by atoms with van der Waals surface area (Å²) in [5.41, 5.74) is 2.58. The summed E-state index contributed by atoms with van der Waals surface area (Å²) in [5.74, 6) is -0.0544. The lowest BCUT2D eigenvalue weighted by Crippen LogP contribution is -2.19. The topological polar surface area (TPSA) is 39.1 Å². The average molecular weight is 290 g/mol. The number of rotatable bonds is 5. The Kier molecular flexibility index (Phi) is 5.17. The van der Waals surface area contributed by atoms with Gasteiger partial charge in [-0.15, -0.1) is 11.6 Å². The van der Waals surface area contributed by atoms with E-state index >= 15 is 0 Å². The first-order valence-corrected chi connectivity index (χ1v) is 7.98. The third kappa shape index (κ3) is 3.23. The van der Waals surface area contributed by atoms with Crippen molar-refractivity contribution in [2.75, 3.05) is 6.26 Å². The smallest absolute Gasteiger partial charge is 0.182 e. The van der Waals surface area contributed by atoms with Crippen molar-refractivity contribution in [3.63, 3.8) is 0 Å². The molecule has 0 aliphatic carbocycles. The fourth-order valence-electron chi connectivity index (χ4n) is 1.91. The van der Waals surface area contributed by atoms with Crippen LogP contribution in [0.2, 0.25) is 0 Å². The number of aryl methyl sites for hydroxylation is 1. The van der Waals surface area contributed by atoms with E-state index in [4.69, 9.17) is 11.6 Å². The Morgan fingerprint density at radius 3 is 2.44 bits per heavy atom. The van der Waals surface area contributed by atoms with Gasteiger partial charge in [-0.25, -0.2) is 0 Å². The van der Waals surface area contributed by atoms with Gasteiger partial charge in [-0.1, -0.05) is 0 Å². The molecule has 3 nitrogen and oxygen atoms in total. The first-order valence-electron chi connectivity index (χ1n) is 5.93. The van der Waals surface area contributed by atoms with Gasteiger partial charge in [0, 0.05) is 45.8 Å². The second-order valence-corrected chi connectivity index (χ2v) is 7.14. The molecule has 18 heavy (non-hydrogen) atoms. The summed E-state index contributed by atoms with van der Waals surface area (Å²) < 4.78 is 13.5. The summed E-state index contributed by atoms with van der Waals surface area (Å²) in [6.45, 7) is 8.14. The van der Waals surface area contributed by atoms with Crippen LogP contribution in [0.25, 0.3) is 0 Å². The normalized spacial score (nSPS) is 16.3. The first kappa shape index (κ1) is 15.4. The summed E-state index contributed by atoms with van der Waals surface area (Å²) in [7, 11) is -0.869. The summed E-state index contributed by atoms with van der Waals surface area (Å²) in [6.07, 6.45) is 1.70. The van der Waals surface area contributed by atoms with Crippen molar-refractivity contribution in [2.24, 2.45) is 0 Å². The molecular formula is C13H20ClNO2S. The van der Waals surface area contributed by atoms with Crippen LogP contribution in [-0.2, 0) is 17.3 Å². The Balaban J connectivity index is 3.09. The van der Waals surface area contributed by atoms with Crippen LogP contribution in [0.15, 0.2) is 6.07 Å². The van der Waals surface area contributed by atoms with Crippen molar-refractivity contribution in [1.29, 1.82) is 0 Å². The van der Waals surface area contributed by atoms with Gasteiger partial charge in [-0.2, -0.15) is 0 Å². The minimum atomic E-state index is -0.869. The molecule has 1 aromatic heterocycles. The van der Waals surface area contributed by atoms with Crippen molar-refractivity contribution < 1.29 is 9.00 Å². The number of hydrogen-bond acceptors (Lipinski definition) is 2. The van der Waals surface area contributed by atoms with Crippen molar-refractivity contribution in [3.05, 3.63) is 23.0 Å². The standard InChI is InChI=1S/C13H20ClNO2S/c1-8-6-12(13(16)10(3)14)11(4)15(8)7-9(2)18(5)17/h6,9-10H,7H2,1-5H3. The van der Waals surface area contributed by atoms with E-state index in [1.807, 2.05) is 31.4 Å². The van der Waals surface area contributed by atoms with Gasteiger partial charge < -0.3 is 4.57 Å². The van der Waals surface area contributed by atoms with E-state index in [1.165, 1.54) is 0 Å². The van der Waals surface area contributed by atoms with Gasteiger partial charge in [0.2, 0.25) is 0 Å². The maximum Gasteiger partial charge on any atom is 0.182 e. The number of hydrogen-bond donors (Lipinski definition) is 0. The summed E-state index contributed by atoms with van der Waals surface area (Å²) in [5, 5.41) is -0.456. The molecule has 1 heterocycles. The van der Waals surface area contributed by atoms with Gasteiger partial charge in [-0.3, -0.25) is 9.00 Å². The van der Waals surface area contributed by atoms with Crippen LogP contribution in [0, 0.1) is 13.8 Å². The van der Waals surface area contributed by atoms with Crippen molar-refractivity contribution in [2.45, 2.75) is 44.9 Å². The molecule has 102 valence electrons. The molecule has 0 saturated heterocycles. The van der Waals surface area contributed by atoms with E-state index in [9.17, 15) is 9.00 Å². The highest BCUT2D eigenvalue weighted by Gasteiger charge is 2.20. The van der Waals surface area contributed by atoms with Gasteiger partial charge in [0.25, 0.3) is 0 Å². The van der Waals surface area contributed by atoms with Gasteiger partial charge >= 0.3 is 0 Å². The van der Waals surface area contributed by atoms with Crippen LogP contribution < -0.4 is 0 Å². The van der Waals surface area contributed by atoms with Gasteiger partial charge in [0.15, 0.2) is 5.78 Å². The number of halogens is 1. The van der Waals surface area contributed by atoms with Crippen molar-refractivity contribution in [1.82, 2.24) is 4.57 Å². The highest BCUT2D eigenvalue weighted by molar-refractivity contribution is 7.84. The van der Waals surface area contributed by atoms with Gasteiger partial charge in [0.1, 0.15) is 0 Å². The summed E-state index contributed by atoms with van der Waals surface area (Å²) in [6, 6.07) is 1.86. The maximum atomic E-state index is 11.9. The number of alkyl halides is 1. The van der Waals surface area contributed by atoms with Crippen LogP contribution in [-0.4, -0.2) is 31.4 Å². The van der Waals surface area contributed by atoms with E-state index in [2.05, 4.69) is 0 Å². The number of ketones is 1. The zero-order valence-electron chi connectivity index (χ0n) is 11.5. The molecule has 0 N–H and O–H groups in total. The molecule has 5 heteroatoms. The monoisotopic (exact) mass is 289 g/mol. The third-order valence-corrected chi connectivity index (χ3v) is 4.69. The SMILES string of the molecule is Cc1cc(C(=O)C(C)Cl)c(C)n1CC(C)S(C)=O. The number of carbonyl (C=O) groups excluding carboxylic acids is 1. The molecule has 0 radical (unpaired) electrons. The van der Waals surface area contributed by atoms with Gasteiger partial charge in [0.05, 0.1) is 5.38 Å². The zero-order valence-corrected chi connectivity index (χ0v) is 13.1. The largest absolute Gasteiger partial charge is 0.347 e. The van der Waals surface area contributed by atoms with Crippen molar-refractivity contribution in [3.8, 4) is 0 Å². The Labute approximate surface area is 116 Å². The molecule has 3 atom stereocenters. The lowest BCUT2D eigenvalue weighted by molar-refractivity contribution is 0.0991. The molecule has 0 saturated carbocycles. The van der Waals surface area contributed by atoms with E-state index < -0.39 is 16.2 Å². The fourth-order valence-corrected chi connectivity index (χ4v) is 2.38. The lowest BCUT2D eigenvalue weighted by Gasteiger charge is -2.14. The second kappa shape index (κ2) is 6.02. The predicted molar refractivity (Wildman–Crippen MR) is 77.1 cm³/mol. The summed E-state index contributed by atoms with van der Waals surface area (Å²) in [4.78, 5) is 11.9. The molecule has 0 aliphatic heterocycles. The molecule has 0 spiro atoms. The first-order chi connectivity index (χ1) is 8.25. The minimum Gasteiger partial charge on any atom is -0.347 e. The summed E-state index contributed by atoms with van der Waals surface area (Å²) >= 11 is 5.85. The zero-order chi connectivity index (χ0) is 14.0. The van der Waals surface area contributed by atoms with E-state index in [1.54, 1.807) is 13.2 Å². The van der Waals surface area contributed by atoms with Crippen LogP contribution in [0.3, 0.4) is 0 Å². The molecule has 0 amide bonds.